The highest BCUT2D eigenvalue weighted by molar-refractivity contribution is 6.91. The molecule has 0 saturated heterocycles. The molecule has 3 aliphatic rings. The molecule has 0 aliphatic carbocycles. The van der Waals surface area contributed by atoms with Gasteiger partial charge in [0.1, 0.15) is 6.15 Å². The molecule has 37 heavy (non-hydrogen) atoms. The average Bonchev–Trinajstić information content (AvgIpc) is 3.53. The fourth-order valence-corrected chi connectivity index (χ4v) is 7.97. The molecule has 3 unspecified atom stereocenters. The summed E-state index contributed by atoms with van der Waals surface area (Å²) in [6.45, 7) is 31.8. The normalized spacial score (nSPS) is 31.2. The number of hydrogen-bond donors (Lipinski definition) is 0. The monoisotopic (exact) mass is 507 g/mol. The minimum atomic E-state index is -1.69. The van der Waals surface area contributed by atoms with Gasteiger partial charge in [-0.25, -0.2) is 15.3 Å². The predicted octanol–water partition coefficient (Wildman–Crippen LogP) is 9.66. The van der Waals surface area contributed by atoms with Crippen LogP contribution in [0.5, 0.6) is 0 Å². The van der Waals surface area contributed by atoms with Crippen LogP contribution in [0.2, 0.25) is 5.82 Å². The van der Waals surface area contributed by atoms with Gasteiger partial charge in [-0.15, -0.1) is 0 Å². The summed E-state index contributed by atoms with van der Waals surface area (Å²) < 4.78 is 0. The zero-order valence-corrected chi connectivity index (χ0v) is 26.0. The van der Waals surface area contributed by atoms with Crippen molar-refractivity contribution >= 4 is 6.15 Å². The van der Waals surface area contributed by atoms with Crippen LogP contribution < -0.4 is 0 Å². The summed E-state index contributed by atoms with van der Waals surface area (Å²) >= 11 is 0. The lowest BCUT2D eigenvalue weighted by atomic mass is 8.96. The second-order valence-electron chi connectivity index (χ2n) is 14.1. The van der Waals surface area contributed by atoms with Crippen molar-refractivity contribution in [3.8, 4) is 0 Å². The van der Waals surface area contributed by atoms with Crippen LogP contribution in [0, 0.1) is 35.5 Å². The Balaban J connectivity index is 2.64. The molecule has 0 aromatic heterocycles. The molecule has 0 spiro atoms. The van der Waals surface area contributed by atoms with Crippen molar-refractivity contribution < 1.29 is 0 Å². The molecule has 0 N–H and O–H groups in total. The van der Waals surface area contributed by atoms with Crippen molar-refractivity contribution in [3.63, 3.8) is 0 Å². The minimum absolute atomic E-state index is 0.180. The number of rotatable bonds is 10. The molecular formula is C30H52BN6-. The first kappa shape index (κ1) is 29.6. The Morgan fingerprint density at radius 1 is 0.459 bits per heavy atom. The van der Waals surface area contributed by atoms with Crippen LogP contribution in [-0.2, 0) is 0 Å². The molecule has 3 heterocycles. The van der Waals surface area contributed by atoms with Gasteiger partial charge in [-0.1, -0.05) is 115 Å². The van der Waals surface area contributed by atoms with Crippen LogP contribution in [-0.4, -0.2) is 22.5 Å². The highest BCUT2D eigenvalue weighted by atomic mass is 15.3. The topological polar surface area (TPSA) is 74.2 Å². The van der Waals surface area contributed by atoms with Gasteiger partial charge in [0.2, 0.25) is 0 Å². The maximum absolute atomic E-state index is 5.35. The Morgan fingerprint density at radius 2 is 0.703 bits per heavy atom. The van der Waals surface area contributed by atoms with Gasteiger partial charge in [0.15, 0.2) is 0 Å². The van der Waals surface area contributed by atoms with E-state index >= 15 is 0 Å². The van der Waals surface area contributed by atoms with E-state index < -0.39 is 22.5 Å². The average molecular weight is 508 g/mol. The Labute approximate surface area is 226 Å². The van der Waals surface area contributed by atoms with Gasteiger partial charge in [-0.05, 0) is 51.8 Å². The quantitative estimate of drug-likeness (QED) is 0.264. The number of allylic oxidation sites excluding steroid dienone is 3. The molecule has 0 amide bonds. The summed E-state index contributed by atoms with van der Waals surface area (Å²) in [5, 5.41) is 30.8. The van der Waals surface area contributed by atoms with Gasteiger partial charge in [0.25, 0.3) is 0 Å². The van der Waals surface area contributed by atoms with Crippen molar-refractivity contribution in [3.05, 3.63) is 35.3 Å². The predicted molar refractivity (Wildman–Crippen MR) is 157 cm³/mol. The largest absolute Gasteiger partial charge is 0.217 e. The van der Waals surface area contributed by atoms with Crippen molar-refractivity contribution in [1.29, 1.82) is 0 Å². The summed E-state index contributed by atoms with van der Waals surface area (Å²) in [4.78, 5) is 0. The first-order valence-corrected chi connectivity index (χ1v) is 14.7. The molecule has 0 bridgehead atoms. The van der Waals surface area contributed by atoms with Crippen LogP contribution in [0.4, 0.5) is 0 Å². The fourth-order valence-electron chi connectivity index (χ4n) is 7.97. The Hall–Kier alpha value is -1.92. The first-order chi connectivity index (χ1) is 17.1. The Bertz CT molecular complexity index is 932. The van der Waals surface area contributed by atoms with Crippen LogP contribution in [0.25, 0.3) is 0 Å². The van der Waals surface area contributed by atoms with Crippen LogP contribution in [0.3, 0.4) is 0 Å². The van der Waals surface area contributed by atoms with E-state index in [9.17, 15) is 0 Å². The van der Waals surface area contributed by atoms with Gasteiger partial charge in [-0.3, -0.25) is 0 Å². The Kier molecular flexibility index (Phi) is 8.01. The van der Waals surface area contributed by atoms with E-state index in [4.69, 9.17) is 30.7 Å². The third kappa shape index (κ3) is 3.96. The summed E-state index contributed by atoms with van der Waals surface area (Å²) in [6, 6.07) is 0. The molecule has 3 rings (SSSR count). The van der Waals surface area contributed by atoms with E-state index in [0.29, 0.717) is 0 Å². The van der Waals surface area contributed by atoms with E-state index in [0.717, 1.165) is 17.1 Å². The third-order valence-electron chi connectivity index (χ3n) is 9.89. The molecule has 0 fully saturated rings. The molecule has 3 atom stereocenters. The van der Waals surface area contributed by atoms with Crippen LogP contribution in [0.1, 0.15) is 96.9 Å². The summed E-state index contributed by atoms with van der Waals surface area (Å²) in [5.74, 6) is 1.59. The zero-order valence-electron chi connectivity index (χ0n) is 26.0. The summed E-state index contributed by atoms with van der Waals surface area (Å²) in [7, 11) is 0. The van der Waals surface area contributed by atoms with E-state index in [2.05, 4.69) is 115 Å². The van der Waals surface area contributed by atoms with Gasteiger partial charge in [0.05, 0.1) is 17.1 Å². The molecule has 0 radical (unpaired) electrons. The third-order valence-corrected chi connectivity index (χ3v) is 9.89. The van der Waals surface area contributed by atoms with Crippen LogP contribution >= 0.6 is 0 Å². The summed E-state index contributed by atoms with van der Waals surface area (Å²) in [5.41, 5.74) is 1.41. The highest BCUT2D eigenvalue weighted by Gasteiger charge is 2.71. The smallest absolute Gasteiger partial charge is 0.114 e. The van der Waals surface area contributed by atoms with Gasteiger partial charge >= 0.3 is 0 Å². The zero-order chi connectivity index (χ0) is 28.1. The number of azo groups is 3. The lowest BCUT2D eigenvalue weighted by molar-refractivity contribution is 0.357. The highest BCUT2D eigenvalue weighted by Crippen LogP contribution is 2.63. The lowest BCUT2D eigenvalue weighted by Gasteiger charge is -2.70. The van der Waals surface area contributed by atoms with E-state index in [1.54, 1.807) is 0 Å². The summed E-state index contributed by atoms with van der Waals surface area (Å²) in [6.07, 6.45) is 5.53. The minimum Gasteiger partial charge on any atom is -0.217 e. The molecule has 0 aromatic rings. The van der Waals surface area contributed by atoms with E-state index in [1.807, 2.05) is 0 Å². The second-order valence-corrected chi connectivity index (χ2v) is 14.1. The van der Waals surface area contributed by atoms with Gasteiger partial charge in [-0.2, -0.15) is 21.2 Å². The standard InChI is InChI=1S/C30H52BN6/c1-18(2)25-15-28(21(7)8,35-32-25)31(24(13)14,29(22(9)10)16-26(19(3)4)33-36-29)30(23(11)12)17-27(20(5)6)34-37-30/h15-24H,1-14H3/q-1. The van der Waals surface area contributed by atoms with E-state index in [1.165, 1.54) is 0 Å². The van der Waals surface area contributed by atoms with Crippen molar-refractivity contribution in [2.75, 3.05) is 0 Å². The molecular weight excluding hydrogens is 455 g/mol. The lowest BCUT2D eigenvalue weighted by Crippen LogP contribution is -2.84. The van der Waals surface area contributed by atoms with Crippen molar-refractivity contribution in [2.45, 2.75) is 119 Å². The SMILES string of the molecule is CC(C)C1=CC(C(C)C)([B-](C(C)C)(C2(C(C)C)C=C(C(C)C)N=N2)C2(C(C)C)C=C(C(C)C)N=N2)N=N1. The van der Waals surface area contributed by atoms with Crippen molar-refractivity contribution in [2.24, 2.45) is 66.2 Å². The maximum Gasteiger partial charge on any atom is 0.114 e. The number of nitrogens with zero attached hydrogens (tertiary/aromatic N) is 6. The molecule has 7 heteroatoms. The first-order valence-electron chi connectivity index (χ1n) is 14.7. The van der Waals surface area contributed by atoms with Gasteiger partial charge in [0, 0.05) is 0 Å². The fraction of sp³-hybridized carbons (Fsp3) is 0.800. The van der Waals surface area contributed by atoms with Crippen LogP contribution in [0.15, 0.2) is 66.0 Å². The second kappa shape index (κ2) is 10.00. The molecule has 6 nitrogen and oxygen atoms in total. The molecule has 3 aliphatic heterocycles. The molecule has 206 valence electrons. The molecule has 0 saturated carbocycles. The molecule has 0 aromatic carbocycles. The maximum atomic E-state index is 5.35. The number of hydrogen-bond acceptors (Lipinski definition) is 6. The van der Waals surface area contributed by atoms with Gasteiger partial charge < -0.3 is 0 Å². The Morgan fingerprint density at radius 3 is 0.838 bits per heavy atom. The van der Waals surface area contributed by atoms with E-state index in [-0.39, 0.29) is 41.3 Å². The van der Waals surface area contributed by atoms with Crippen molar-refractivity contribution in [1.82, 2.24) is 0 Å².